The molecule has 0 fully saturated rings. The first-order valence-corrected chi connectivity index (χ1v) is 12.7. The third-order valence-electron chi connectivity index (χ3n) is 5.52. The van der Waals surface area contributed by atoms with E-state index in [0.717, 1.165) is 0 Å². The molecule has 0 aliphatic carbocycles. The van der Waals surface area contributed by atoms with E-state index in [1.807, 2.05) is 0 Å². The average molecular weight is 608 g/mol. The molecule has 6 aromatic carbocycles. The van der Waals surface area contributed by atoms with Crippen LogP contribution in [0.1, 0.15) is 31.4 Å². The first kappa shape index (κ1) is 34.3. The number of halogens is 2. The van der Waals surface area contributed by atoms with Crippen molar-refractivity contribution >= 4 is 53.3 Å². The molecule has 0 atom stereocenters. The summed E-state index contributed by atoms with van der Waals surface area (Å²) in [6.45, 7) is 10.4. The fraction of sp³-hybridized carbons (Fsp3) is 0.188. The summed E-state index contributed by atoms with van der Waals surface area (Å²) in [6, 6.07) is 34.9. The third-order valence-corrected chi connectivity index (χ3v) is 5.52. The summed E-state index contributed by atoms with van der Waals surface area (Å²) in [4.78, 5) is 0. The van der Waals surface area contributed by atoms with Crippen molar-refractivity contribution < 1.29 is 51.0 Å². The number of hydrogen-bond donors (Lipinski definition) is 0. The zero-order valence-corrected chi connectivity index (χ0v) is 26.7. The van der Waals surface area contributed by atoms with Crippen molar-refractivity contribution in [1.82, 2.24) is 0 Å². The van der Waals surface area contributed by atoms with Gasteiger partial charge < -0.3 is 24.8 Å². The summed E-state index contributed by atoms with van der Waals surface area (Å²) in [7, 11) is 2.97. The maximum Gasteiger partial charge on any atom is 4.00 e. The molecule has 0 unspecified atom stereocenters. The Balaban J connectivity index is 0.000000541. The second-order valence-electron chi connectivity index (χ2n) is 8.35. The van der Waals surface area contributed by atoms with E-state index < -0.39 is 0 Å². The van der Waals surface area contributed by atoms with Crippen LogP contribution in [0, 0.1) is 13.8 Å². The molecule has 36 heavy (non-hydrogen) atoms. The SMILES string of the molecule is CCC.C[Si].Cc1cc2c(ccc3ccccc32)[cH-]1.Cc1cc2c(ccc3ccccc32)[cH-]1.[Cl-].[Cl-].[Zr+4]. The van der Waals surface area contributed by atoms with Crippen LogP contribution in [-0.4, -0.2) is 10.2 Å². The molecule has 0 aliphatic rings. The second-order valence-corrected chi connectivity index (χ2v) is 8.35. The molecule has 0 saturated carbocycles. The Bertz CT molecular complexity index is 1350. The first-order chi connectivity index (χ1) is 16.1. The molecule has 0 amide bonds. The van der Waals surface area contributed by atoms with Crippen molar-refractivity contribution in [3.05, 3.63) is 108 Å². The van der Waals surface area contributed by atoms with Gasteiger partial charge in [-0.25, -0.2) is 0 Å². The van der Waals surface area contributed by atoms with Crippen LogP contribution < -0.4 is 24.8 Å². The maximum absolute atomic E-state index is 2.97. The van der Waals surface area contributed by atoms with E-state index in [-0.39, 0.29) is 51.0 Å². The van der Waals surface area contributed by atoms with Gasteiger partial charge in [0, 0.05) is 10.2 Å². The summed E-state index contributed by atoms with van der Waals surface area (Å²) < 4.78 is 0. The Morgan fingerprint density at radius 1 is 0.556 bits per heavy atom. The van der Waals surface area contributed by atoms with Crippen molar-refractivity contribution in [2.24, 2.45) is 0 Å². The molecule has 6 rings (SSSR count). The minimum atomic E-state index is 0. The van der Waals surface area contributed by atoms with Gasteiger partial charge in [0.05, 0.1) is 0 Å². The van der Waals surface area contributed by atoms with E-state index in [4.69, 9.17) is 0 Å². The number of rotatable bonds is 0. The molecule has 0 spiro atoms. The topological polar surface area (TPSA) is 0 Å². The zero-order valence-electron chi connectivity index (χ0n) is 21.7. The van der Waals surface area contributed by atoms with Crippen molar-refractivity contribution in [2.45, 2.75) is 40.7 Å². The van der Waals surface area contributed by atoms with Gasteiger partial charge in [-0.05, 0) is 10.8 Å². The van der Waals surface area contributed by atoms with Gasteiger partial charge in [0.2, 0.25) is 0 Å². The molecule has 3 radical (unpaired) electrons. The Kier molecular flexibility index (Phi) is 16.1. The fourth-order valence-corrected chi connectivity index (χ4v) is 4.23. The zero-order chi connectivity index (χ0) is 23.8. The van der Waals surface area contributed by atoms with Gasteiger partial charge in [0.25, 0.3) is 0 Å². The van der Waals surface area contributed by atoms with Gasteiger partial charge in [0.15, 0.2) is 0 Å². The Morgan fingerprint density at radius 2 is 0.889 bits per heavy atom. The van der Waals surface area contributed by atoms with Crippen molar-refractivity contribution in [1.29, 1.82) is 0 Å². The van der Waals surface area contributed by atoms with E-state index in [1.165, 1.54) is 60.6 Å². The number of aryl methyl sites for hydroxylation is 2. The van der Waals surface area contributed by atoms with E-state index in [9.17, 15) is 0 Å². The van der Waals surface area contributed by atoms with Crippen LogP contribution in [0.15, 0.2) is 97.1 Å². The Hall–Kier alpha value is -1.70. The van der Waals surface area contributed by atoms with E-state index >= 15 is 0 Å². The molecular weight excluding hydrogens is 575 g/mol. The predicted octanol–water partition coefficient (Wildman–Crippen LogP) is 3.67. The number of fused-ring (bicyclic) bond motifs is 6. The van der Waals surface area contributed by atoms with Gasteiger partial charge in [-0.1, -0.05) is 112 Å². The Labute approximate surface area is 251 Å². The number of hydrogen-bond acceptors (Lipinski definition) is 0. The van der Waals surface area contributed by atoms with Crippen LogP contribution in [0.5, 0.6) is 0 Å². The summed E-state index contributed by atoms with van der Waals surface area (Å²) in [6.07, 6.45) is 1.25. The molecule has 0 aliphatic heterocycles. The molecule has 0 aromatic heterocycles. The summed E-state index contributed by atoms with van der Waals surface area (Å²) in [5.74, 6) is 0. The normalized spacial score (nSPS) is 9.39. The maximum atomic E-state index is 2.97. The predicted molar refractivity (Wildman–Crippen MR) is 151 cm³/mol. The van der Waals surface area contributed by atoms with Crippen molar-refractivity contribution in [3.63, 3.8) is 0 Å². The third kappa shape index (κ3) is 8.15. The molecule has 0 bridgehead atoms. The molecule has 4 heteroatoms. The molecule has 0 N–H and O–H groups in total. The fourth-order valence-electron chi connectivity index (χ4n) is 4.23. The summed E-state index contributed by atoms with van der Waals surface area (Å²) in [5, 5.41) is 10.8. The van der Waals surface area contributed by atoms with Gasteiger partial charge in [0.1, 0.15) is 0 Å². The minimum absolute atomic E-state index is 0. The van der Waals surface area contributed by atoms with E-state index in [0.29, 0.717) is 0 Å². The minimum Gasteiger partial charge on any atom is -1.00 e. The molecule has 0 saturated heterocycles. The van der Waals surface area contributed by atoms with E-state index in [1.54, 1.807) is 6.55 Å². The van der Waals surface area contributed by atoms with Crippen LogP contribution in [-0.2, 0) is 26.2 Å². The quantitative estimate of drug-likeness (QED) is 0.183. The van der Waals surface area contributed by atoms with Crippen LogP contribution in [0.25, 0.3) is 43.1 Å². The molecule has 6 aromatic rings. The largest absolute Gasteiger partial charge is 4.00 e. The second kappa shape index (κ2) is 16.9. The summed E-state index contributed by atoms with van der Waals surface area (Å²) in [5.41, 5.74) is 2.69. The molecule has 0 heterocycles. The molecule has 183 valence electrons. The van der Waals surface area contributed by atoms with Crippen molar-refractivity contribution in [3.8, 4) is 0 Å². The van der Waals surface area contributed by atoms with Crippen LogP contribution in [0.4, 0.5) is 0 Å². The standard InChI is InChI=1S/2C14H11.C3H8.CH3Si.2ClH.Zr/c2*1-10-8-12-7-6-11-4-2-3-5-13(11)14(12)9-10;1-3-2;1-2;;;/h2*2-9H,1H3;3H2,1-2H3;1H3;2*1H;/q2*-1;;;;;+4/p-2. The smallest absolute Gasteiger partial charge is 1.00 e. The first-order valence-electron chi connectivity index (χ1n) is 11.7. The number of benzene rings is 4. The average Bonchev–Trinajstić information content (AvgIpc) is 3.42. The van der Waals surface area contributed by atoms with E-state index in [2.05, 4.69) is 135 Å². The monoisotopic (exact) mass is 605 g/mol. The van der Waals surface area contributed by atoms with Crippen molar-refractivity contribution in [2.75, 3.05) is 0 Å². The molecular formula is C32H33Cl2SiZr. The van der Waals surface area contributed by atoms with Crippen LogP contribution >= 0.6 is 0 Å². The van der Waals surface area contributed by atoms with Crippen LogP contribution in [0.3, 0.4) is 0 Å². The van der Waals surface area contributed by atoms with Crippen LogP contribution in [0.2, 0.25) is 6.55 Å². The van der Waals surface area contributed by atoms with Gasteiger partial charge >= 0.3 is 26.2 Å². The van der Waals surface area contributed by atoms with Gasteiger partial charge in [-0.3, -0.25) is 0 Å². The molecule has 0 nitrogen and oxygen atoms in total. The Morgan fingerprint density at radius 3 is 1.25 bits per heavy atom. The van der Waals surface area contributed by atoms with Gasteiger partial charge in [-0.15, -0.1) is 56.9 Å². The van der Waals surface area contributed by atoms with Gasteiger partial charge in [-0.2, -0.15) is 12.1 Å². The summed E-state index contributed by atoms with van der Waals surface area (Å²) >= 11 is 0.